The van der Waals surface area contributed by atoms with Crippen molar-refractivity contribution in [2.45, 2.75) is 0 Å². The minimum Gasteiger partial charge on any atom is -0.507 e. The van der Waals surface area contributed by atoms with Gasteiger partial charge >= 0.3 is 0 Å². The summed E-state index contributed by atoms with van der Waals surface area (Å²) >= 11 is 0. The van der Waals surface area contributed by atoms with E-state index in [1.807, 2.05) is 12.1 Å². The lowest BCUT2D eigenvalue weighted by Crippen LogP contribution is -2.33. The van der Waals surface area contributed by atoms with Crippen LogP contribution in [0.5, 0.6) is 5.75 Å². The molecule has 1 amide bonds. The number of rotatable bonds is 0. The Balaban J connectivity index is 1.84. The molecule has 1 aromatic carbocycles. The van der Waals surface area contributed by atoms with Gasteiger partial charge in [-0.15, -0.1) is 5.10 Å². The van der Waals surface area contributed by atoms with Gasteiger partial charge in [-0.3, -0.25) is 4.79 Å². The Kier molecular flexibility index (Phi) is 3.95. The molecule has 0 atom stereocenters. The lowest BCUT2D eigenvalue weighted by Gasteiger charge is -2.09. The molecule has 4 N–H and O–H groups in total. The number of amides is 1. The Morgan fingerprint density at radius 1 is 1.04 bits per heavy atom. The second-order valence-electron chi connectivity index (χ2n) is 5.80. The first-order valence-electron chi connectivity index (χ1n) is 8.13. The van der Waals surface area contributed by atoms with E-state index in [0.29, 0.717) is 25.3 Å². The highest BCUT2D eigenvalue weighted by Crippen LogP contribution is 2.26. The average Bonchev–Trinajstić information content (AvgIpc) is 3.03. The van der Waals surface area contributed by atoms with E-state index in [-0.39, 0.29) is 17.2 Å². The van der Waals surface area contributed by atoms with E-state index < -0.39 is 0 Å². The molecule has 128 valence electrons. The number of aromatic hydroxyl groups is 1. The van der Waals surface area contributed by atoms with E-state index in [4.69, 9.17) is 0 Å². The van der Waals surface area contributed by atoms with Gasteiger partial charge in [0.2, 0.25) is 0 Å². The van der Waals surface area contributed by atoms with Crippen LogP contribution in [0.3, 0.4) is 0 Å². The molecular formula is C17H18N6O2. The first kappa shape index (κ1) is 15.4. The smallest absolute Gasteiger partial charge is 0.255 e. The van der Waals surface area contributed by atoms with Crippen molar-refractivity contribution in [1.82, 2.24) is 25.2 Å². The van der Waals surface area contributed by atoms with Crippen LogP contribution in [0.4, 0.5) is 5.82 Å². The number of aromatic nitrogens is 3. The molecule has 0 radical (unpaired) electrons. The highest BCUT2D eigenvalue weighted by Gasteiger charge is 2.15. The van der Waals surface area contributed by atoms with Crippen LogP contribution in [0.1, 0.15) is 10.4 Å². The lowest BCUT2D eigenvalue weighted by molar-refractivity contribution is 0.0951. The van der Waals surface area contributed by atoms with Crippen molar-refractivity contribution >= 4 is 17.4 Å². The SMILES string of the molecule is O=C1NCCNCCNc2ccc3ncc(n3n2)-c2ccc(O)c1c2. The fourth-order valence-electron chi connectivity index (χ4n) is 2.81. The van der Waals surface area contributed by atoms with Gasteiger partial charge in [0.15, 0.2) is 5.65 Å². The van der Waals surface area contributed by atoms with Gasteiger partial charge < -0.3 is 21.1 Å². The zero-order valence-corrected chi connectivity index (χ0v) is 13.5. The maximum Gasteiger partial charge on any atom is 0.255 e. The molecular weight excluding hydrogens is 320 g/mol. The summed E-state index contributed by atoms with van der Waals surface area (Å²) in [7, 11) is 0. The molecule has 8 nitrogen and oxygen atoms in total. The molecule has 0 fully saturated rings. The highest BCUT2D eigenvalue weighted by atomic mass is 16.3. The third-order valence-electron chi connectivity index (χ3n) is 4.09. The second-order valence-corrected chi connectivity index (χ2v) is 5.80. The van der Waals surface area contributed by atoms with Gasteiger partial charge in [0.1, 0.15) is 11.6 Å². The number of anilines is 1. The zero-order chi connectivity index (χ0) is 17.2. The summed E-state index contributed by atoms with van der Waals surface area (Å²) < 4.78 is 1.73. The van der Waals surface area contributed by atoms with Crippen LogP contribution in [-0.4, -0.2) is 51.8 Å². The number of nitrogens with zero attached hydrogens (tertiary/aromatic N) is 3. The van der Waals surface area contributed by atoms with Gasteiger partial charge in [0.05, 0.1) is 17.5 Å². The van der Waals surface area contributed by atoms with Crippen LogP contribution < -0.4 is 16.0 Å². The first-order chi connectivity index (χ1) is 12.2. The normalized spacial score (nSPS) is 15.3. The Morgan fingerprint density at radius 3 is 2.76 bits per heavy atom. The van der Waals surface area contributed by atoms with E-state index in [1.165, 1.54) is 6.07 Å². The topological polar surface area (TPSA) is 104 Å². The van der Waals surface area contributed by atoms with Crippen molar-refractivity contribution in [3.05, 3.63) is 42.1 Å². The molecule has 2 aromatic heterocycles. The largest absolute Gasteiger partial charge is 0.507 e. The number of benzene rings is 1. The maximum atomic E-state index is 12.3. The molecule has 25 heavy (non-hydrogen) atoms. The van der Waals surface area contributed by atoms with E-state index in [1.54, 1.807) is 22.8 Å². The summed E-state index contributed by atoms with van der Waals surface area (Å²) in [5.74, 6) is 0.385. The molecule has 1 aliphatic rings. The Bertz CT molecular complexity index is 936. The van der Waals surface area contributed by atoms with Crippen molar-refractivity contribution in [1.29, 1.82) is 0 Å². The Morgan fingerprint density at radius 2 is 1.88 bits per heavy atom. The van der Waals surface area contributed by atoms with Gasteiger partial charge in [0.25, 0.3) is 5.91 Å². The number of nitrogens with one attached hydrogen (secondary N) is 3. The van der Waals surface area contributed by atoms with Gasteiger partial charge in [-0.25, -0.2) is 9.50 Å². The molecule has 0 unspecified atom stereocenters. The Labute approximate surface area is 143 Å². The van der Waals surface area contributed by atoms with Crippen molar-refractivity contribution in [3.8, 4) is 17.0 Å². The summed E-state index contributed by atoms with van der Waals surface area (Å²) in [5.41, 5.74) is 2.45. The molecule has 0 aliphatic carbocycles. The monoisotopic (exact) mass is 338 g/mol. The zero-order valence-electron chi connectivity index (χ0n) is 13.5. The maximum absolute atomic E-state index is 12.3. The molecule has 4 rings (SSSR count). The first-order valence-corrected chi connectivity index (χ1v) is 8.13. The van der Waals surface area contributed by atoms with Crippen molar-refractivity contribution in [2.24, 2.45) is 0 Å². The van der Waals surface area contributed by atoms with E-state index >= 15 is 0 Å². The predicted molar refractivity (Wildman–Crippen MR) is 93.8 cm³/mol. The number of fused-ring (bicyclic) bond motifs is 4. The number of phenols is 1. The molecule has 3 heterocycles. The van der Waals surface area contributed by atoms with Crippen molar-refractivity contribution in [3.63, 3.8) is 0 Å². The molecule has 4 bridgehead atoms. The number of phenolic OH excluding ortho intramolecular Hbond substituents is 1. The summed E-state index contributed by atoms with van der Waals surface area (Å²) in [6, 6.07) is 8.69. The van der Waals surface area contributed by atoms with E-state index in [9.17, 15) is 9.90 Å². The number of carbonyl (C=O) groups excluding carboxylic acids is 1. The van der Waals surface area contributed by atoms with Crippen molar-refractivity contribution < 1.29 is 9.90 Å². The summed E-state index contributed by atoms with van der Waals surface area (Å²) in [5, 5.41) is 23.9. The van der Waals surface area contributed by atoms with E-state index in [0.717, 1.165) is 23.6 Å². The molecule has 8 heteroatoms. The highest BCUT2D eigenvalue weighted by molar-refractivity contribution is 5.98. The Hall–Kier alpha value is -3.13. The second kappa shape index (κ2) is 6.40. The predicted octanol–water partition coefficient (Wildman–Crippen LogP) is 0.847. The molecule has 3 aromatic rings. The van der Waals surface area contributed by atoms with E-state index in [2.05, 4.69) is 26.0 Å². The third-order valence-corrected chi connectivity index (χ3v) is 4.09. The van der Waals surface area contributed by atoms with Crippen LogP contribution >= 0.6 is 0 Å². The fraction of sp³-hybridized carbons (Fsp3) is 0.235. The average molecular weight is 338 g/mol. The number of hydrogen-bond acceptors (Lipinski definition) is 6. The quantitative estimate of drug-likeness (QED) is 0.484. The van der Waals surface area contributed by atoms with Crippen LogP contribution in [0.15, 0.2) is 36.5 Å². The van der Waals surface area contributed by atoms with Crippen LogP contribution in [-0.2, 0) is 0 Å². The molecule has 0 spiro atoms. The minimum atomic E-state index is -0.309. The summed E-state index contributed by atoms with van der Waals surface area (Å²) in [4.78, 5) is 16.7. The van der Waals surface area contributed by atoms with Gasteiger partial charge in [0, 0.05) is 31.7 Å². The summed E-state index contributed by atoms with van der Waals surface area (Å²) in [6.07, 6.45) is 1.71. The standard InChI is InChI=1S/C17H18N6O2/c24-14-2-1-11-9-12(14)17(25)20-8-6-18-5-7-19-15-3-4-16-21-10-13(11)23(16)22-15/h1-4,9-10,18,24H,5-8H2,(H,19,22)(H,20,25). The third kappa shape index (κ3) is 2.99. The molecule has 1 aliphatic heterocycles. The van der Waals surface area contributed by atoms with Gasteiger partial charge in [-0.05, 0) is 30.3 Å². The van der Waals surface area contributed by atoms with Crippen molar-refractivity contribution in [2.75, 3.05) is 31.5 Å². The van der Waals surface area contributed by atoms with Gasteiger partial charge in [-0.1, -0.05) is 0 Å². The number of hydrogen-bond donors (Lipinski definition) is 4. The number of carbonyl (C=O) groups is 1. The van der Waals surface area contributed by atoms with Gasteiger partial charge in [-0.2, -0.15) is 0 Å². The van der Waals surface area contributed by atoms with Crippen LogP contribution in [0, 0.1) is 0 Å². The number of imidazole rings is 1. The fourth-order valence-corrected chi connectivity index (χ4v) is 2.81. The van der Waals surface area contributed by atoms with Crippen LogP contribution in [0.2, 0.25) is 0 Å². The molecule has 0 saturated carbocycles. The lowest BCUT2D eigenvalue weighted by atomic mass is 10.1. The summed E-state index contributed by atoms with van der Waals surface area (Å²) in [6.45, 7) is 2.58. The van der Waals surface area contributed by atoms with Crippen LogP contribution in [0.25, 0.3) is 16.9 Å². The molecule has 0 saturated heterocycles. The minimum absolute atomic E-state index is 0.0531.